The van der Waals surface area contributed by atoms with E-state index < -0.39 is 0 Å². The van der Waals surface area contributed by atoms with Crippen molar-refractivity contribution in [1.29, 1.82) is 0 Å². The molecule has 1 fully saturated rings. The van der Waals surface area contributed by atoms with Crippen molar-refractivity contribution in [1.82, 2.24) is 9.97 Å². The molecule has 25 heavy (non-hydrogen) atoms. The third-order valence-electron chi connectivity index (χ3n) is 4.16. The molecule has 0 spiro atoms. The van der Waals surface area contributed by atoms with E-state index >= 15 is 0 Å². The summed E-state index contributed by atoms with van der Waals surface area (Å²) < 4.78 is 13.9. The first-order chi connectivity index (χ1) is 12.2. The van der Waals surface area contributed by atoms with Crippen LogP contribution in [0.4, 0.5) is 15.9 Å². The van der Waals surface area contributed by atoms with Crippen LogP contribution in [-0.2, 0) is 0 Å². The number of allylic oxidation sites excluding steroid dienone is 1. The van der Waals surface area contributed by atoms with Crippen molar-refractivity contribution in [3.63, 3.8) is 0 Å². The molecule has 2 aromatic rings. The zero-order valence-corrected chi connectivity index (χ0v) is 14.0. The zero-order chi connectivity index (χ0) is 17.6. The van der Waals surface area contributed by atoms with E-state index in [0.717, 1.165) is 31.7 Å². The third kappa shape index (κ3) is 3.95. The van der Waals surface area contributed by atoms with Gasteiger partial charge in [-0.3, -0.25) is 10.7 Å². The van der Waals surface area contributed by atoms with E-state index in [1.165, 1.54) is 5.57 Å². The minimum Gasteiger partial charge on any atom is -0.354 e. The van der Waals surface area contributed by atoms with Gasteiger partial charge in [-0.2, -0.15) is 0 Å². The highest BCUT2D eigenvalue weighted by Gasteiger charge is 2.17. The summed E-state index contributed by atoms with van der Waals surface area (Å²) in [5.41, 5.74) is 4.72. The number of anilines is 2. The highest BCUT2D eigenvalue weighted by atomic mass is 19.1. The Bertz CT molecular complexity index is 844. The maximum atomic E-state index is 13.9. The third-order valence-corrected chi connectivity index (χ3v) is 4.16. The Morgan fingerprint density at radius 2 is 2.04 bits per heavy atom. The average molecular weight is 338 g/mol. The normalized spacial score (nSPS) is 13.9. The molecule has 6 heteroatoms. The van der Waals surface area contributed by atoms with Gasteiger partial charge in [-0.05, 0) is 55.5 Å². The van der Waals surface area contributed by atoms with Crippen LogP contribution in [0.5, 0.6) is 0 Å². The van der Waals surface area contributed by atoms with Crippen LogP contribution in [0, 0.1) is 24.6 Å². The molecule has 0 unspecified atom stereocenters. The Morgan fingerprint density at radius 1 is 1.24 bits per heavy atom. The summed E-state index contributed by atoms with van der Waals surface area (Å²) in [5, 5.41) is 9.18. The molecule has 1 aliphatic rings. The van der Waals surface area contributed by atoms with Crippen molar-refractivity contribution in [3.05, 3.63) is 59.3 Å². The first-order valence-electron chi connectivity index (χ1n) is 8.09. The molecule has 0 aliphatic carbocycles. The summed E-state index contributed by atoms with van der Waals surface area (Å²) in [6, 6.07) is 5.18. The Balaban J connectivity index is 1.66. The second-order valence-corrected chi connectivity index (χ2v) is 5.84. The number of hydrogen-bond acceptors (Lipinski definition) is 5. The monoisotopic (exact) mass is 338 g/mol. The van der Waals surface area contributed by atoms with Crippen molar-refractivity contribution < 1.29 is 9.60 Å². The number of nitrogens with zero attached hydrogens (tertiary/aromatic N) is 3. The topological polar surface area (TPSA) is 61.3 Å². The molecule has 0 amide bonds. The number of rotatable bonds is 2. The number of nitrogens with one attached hydrogen (secondary N) is 1. The van der Waals surface area contributed by atoms with Gasteiger partial charge in [0.15, 0.2) is 11.6 Å². The lowest BCUT2D eigenvalue weighted by molar-refractivity contribution is 0.388. The molecular formula is C19H19FN4O. The van der Waals surface area contributed by atoms with E-state index in [4.69, 9.17) is 0 Å². The minimum absolute atomic E-state index is 0.182. The summed E-state index contributed by atoms with van der Waals surface area (Å²) in [5.74, 6) is 6.07. The van der Waals surface area contributed by atoms with Crippen molar-refractivity contribution >= 4 is 11.5 Å². The predicted octanol–water partition coefficient (Wildman–Crippen LogP) is 3.30. The van der Waals surface area contributed by atoms with Gasteiger partial charge >= 0.3 is 0 Å². The molecule has 0 bridgehead atoms. The summed E-state index contributed by atoms with van der Waals surface area (Å²) in [4.78, 5) is 10.4. The minimum atomic E-state index is -0.359. The number of hydrogen-bond donors (Lipinski definition) is 2. The van der Waals surface area contributed by atoms with Crippen molar-refractivity contribution in [2.75, 3.05) is 23.5 Å². The van der Waals surface area contributed by atoms with Gasteiger partial charge in [0.05, 0.1) is 0 Å². The quantitative estimate of drug-likeness (QED) is 0.650. The summed E-state index contributed by atoms with van der Waals surface area (Å²) >= 11 is 0. The molecule has 2 N–H and O–H groups in total. The molecule has 0 atom stereocenters. The Hall–Kier alpha value is -2.91. The van der Waals surface area contributed by atoms with Crippen molar-refractivity contribution in [2.45, 2.75) is 19.8 Å². The van der Waals surface area contributed by atoms with Crippen LogP contribution in [0.3, 0.4) is 0 Å². The Labute approximate surface area is 146 Å². The van der Waals surface area contributed by atoms with Gasteiger partial charge in [0.25, 0.3) is 0 Å². The highest BCUT2D eigenvalue weighted by Crippen LogP contribution is 2.26. The molecule has 3 heterocycles. The van der Waals surface area contributed by atoms with E-state index in [2.05, 4.69) is 32.2 Å². The fourth-order valence-corrected chi connectivity index (χ4v) is 2.72. The number of aryl methyl sites for hydroxylation is 1. The second-order valence-electron chi connectivity index (χ2n) is 5.84. The number of pyridine rings is 2. The Kier molecular flexibility index (Phi) is 5.26. The van der Waals surface area contributed by atoms with Gasteiger partial charge < -0.3 is 4.90 Å². The van der Waals surface area contributed by atoms with Gasteiger partial charge in [-0.25, -0.2) is 14.4 Å². The molecule has 0 radical (unpaired) electrons. The van der Waals surface area contributed by atoms with Gasteiger partial charge in [0, 0.05) is 25.5 Å². The smallest absolute Gasteiger partial charge is 0.160 e. The lowest BCUT2D eigenvalue weighted by Gasteiger charge is -2.30. The molecule has 0 saturated carbocycles. The van der Waals surface area contributed by atoms with Crippen LogP contribution in [0.25, 0.3) is 0 Å². The standard InChI is InChI=1S/C19H19FN4O/c1-14-7-11-21-16(18(14)20)5-2-4-15-8-12-24(13-9-15)19-17(23-25)6-3-10-22-19/h3-4,6-7,10-11,23,25H,8-9,12-13H2,1H3. The maximum absolute atomic E-state index is 13.9. The molecular weight excluding hydrogens is 319 g/mol. The van der Waals surface area contributed by atoms with Gasteiger partial charge in [0.2, 0.25) is 0 Å². The number of halogens is 1. The maximum Gasteiger partial charge on any atom is 0.160 e. The van der Waals surface area contributed by atoms with Crippen LogP contribution in [0.15, 0.2) is 42.2 Å². The zero-order valence-electron chi connectivity index (χ0n) is 14.0. The van der Waals surface area contributed by atoms with E-state index in [-0.39, 0.29) is 11.5 Å². The lowest BCUT2D eigenvalue weighted by Crippen LogP contribution is -2.31. The molecule has 2 aromatic heterocycles. The van der Waals surface area contributed by atoms with Crippen molar-refractivity contribution in [2.24, 2.45) is 0 Å². The lowest BCUT2D eigenvalue weighted by atomic mass is 10.0. The van der Waals surface area contributed by atoms with Gasteiger partial charge in [-0.1, -0.05) is 11.5 Å². The van der Waals surface area contributed by atoms with Gasteiger partial charge in [-0.15, -0.1) is 0 Å². The molecule has 0 aromatic carbocycles. The van der Waals surface area contributed by atoms with Crippen molar-refractivity contribution in [3.8, 4) is 11.8 Å². The largest absolute Gasteiger partial charge is 0.354 e. The number of piperidine rings is 1. The summed E-state index contributed by atoms with van der Waals surface area (Å²) in [7, 11) is 0. The van der Waals surface area contributed by atoms with Crippen LogP contribution in [-0.4, -0.2) is 28.3 Å². The number of aromatic nitrogens is 2. The Morgan fingerprint density at radius 3 is 2.80 bits per heavy atom. The van der Waals surface area contributed by atoms with Crippen LogP contribution in [0.1, 0.15) is 24.1 Å². The van der Waals surface area contributed by atoms with E-state index in [1.807, 2.05) is 6.08 Å². The average Bonchev–Trinajstić information content (AvgIpc) is 2.66. The predicted molar refractivity (Wildman–Crippen MR) is 95.0 cm³/mol. The van der Waals surface area contributed by atoms with Gasteiger partial charge in [0.1, 0.15) is 11.4 Å². The second kappa shape index (κ2) is 7.77. The summed E-state index contributed by atoms with van der Waals surface area (Å²) in [6.07, 6.45) is 6.81. The van der Waals surface area contributed by atoms with Crippen LogP contribution < -0.4 is 10.4 Å². The van der Waals surface area contributed by atoms with E-state index in [9.17, 15) is 9.60 Å². The highest BCUT2D eigenvalue weighted by molar-refractivity contribution is 5.64. The first kappa shape index (κ1) is 16.9. The van der Waals surface area contributed by atoms with Crippen LogP contribution >= 0.6 is 0 Å². The fraction of sp³-hybridized carbons (Fsp3) is 0.263. The van der Waals surface area contributed by atoms with Crippen LogP contribution in [0.2, 0.25) is 0 Å². The first-order valence-corrected chi connectivity index (χ1v) is 8.09. The van der Waals surface area contributed by atoms with E-state index in [1.54, 1.807) is 37.5 Å². The molecule has 1 saturated heterocycles. The molecule has 128 valence electrons. The van der Waals surface area contributed by atoms with E-state index in [0.29, 0.717) is 11.3 Å². The molecule has 3 rings (SSSR count). The summed E-state index contributed by atoms with van der Waals surface area (Å²) in [6.45, 7) is 3.27. The molecule has 1 aliphatic heterocycles. The molecule has 5 nitrogen and oxygen atoms in total. The SMILES string of the molecule is Cc1ccnc(C#CC=C2CCN(c3ncccc3NO)CC2)c1F. The fourth-order valence-electron chi connectivity index (χ4n) is 2.72.